The minimum atomic E-state index is -0.147. The first-order valence-corrected chi connectivity index (χ1v) is 8.79. The van der Waals surface area contributed by atoms with Gasteiger partial charge >= 0.3 is 0 Å². The number of rotatable bonds is 2. The van der Waals surface area contributed by atoms with Crippen molar-refractivity contribution in [3.05, 3.63) is 28.0 Å². The summed E-state index contributed by atoms with van der Waals surface area (Å²) in [4.78, 5) is 4.33. The fraction of sp³-hybridized carbons (Fsp3) is 0.643. The molecule has 2 aliphatic heterocycles. The lowest BCUT2D eigenvalue weighted by Gasteiger charge is -2.39. The van der Waals surface area contributed by atoms with Crippen LogP contribution in [0.15, 0.2) is 12.3 Å². The molecule has 0 amide bonds. The Balaban J connectivity index is 1.77. The molecule has 2 fully saturated rings. The largest absolute Gasteiger partial charge is 0.374 e. The lowest BCUT2D eigenvalue weighted by atomic mass is 9.80. The van der Waals surface area contributed by atoms with Gasteiger partial charge in [-0.2, -0.15) is 11.8 Å². The molecule has 1 aromatic heterocycles. The molecule has 0 bridgehead atoms. The van der Waals surface area contributed by atoms with Crippen molar-refractivity contribution in [3.63, 3.8) is 0 Å². The van der Waals surface area contributed by atoms with Gasteiger partial charge in [0.25, 0.3) is 0 Å². The lowest BCUT2D eigenvalue weighted by Crippen LogP contribution is -2.43. The molecule has 1 aromatic rings. The lowest BCUT2D eigenvalue weighted by molar-refractivity contribution is -0.0836. The van der Waals surface area contributed by atoms with Gasteiger partial charge in [0.2, 0.25) is 0 Å². The summed E-state index contributed by atoms with van der Waals surface area (Å²) in [6, 6.07) is 1.57. The Morgan fingerprint density at radius 1 is 1.50 bits per heavy atom. The zero-order valence-corrected chi connectivity index (χ0v) is 13.5. The highest BCUT2D eigenvalue weighted by Crippen LogP contribution is 2.43. The van der Waals surface area contributed by atoms with Crippen LogP contribution in [0.3, 0.4) is 0 Å². The van der Waals surface area contributed by atoms with E-state index in [2.05, 4.69) is 4.98 Å². The quantitative estimate of drug-likeness (QED) is 0.897. The minimum absolute atomic E-state index is 0.0319. The number of hydrogen-bond donors (Lipinski definition) is 1. The van der Waals surface area contributed by atoms with Gasteiger partial charge in [-0.25, -0.2) is 0 Å². The summed E-state index contributed by atoms with van der Waals surface area (Å²) < 4.78 is 6.04. The predicted molar refractivity (Wildman–Crippen MR) is 84.5 cm³/mol. The van der Waals surface area contributed by atoms with Crippen LogP contribution in [0.1, 0.15) is 31.0 Å². The maximum absolute atomic E-state index is 6.42. The standard InChI is InChI=1S/C14H18Cl2N2OS/c15-10-5-11(16)13(18-7-10)12(17)9-1-3-19-14(6-9)2-4-20-8-14/h5,7,9,12H,1-4,6,8,17H2. The number of hydrogen-bond acceptors (Lipinski definition) is 4. The maximum Gasteiger partial charge on any atom is 0.0783 e. The van der Waals surface area contributed by atoms with Gasteiger partial charge in [-0.05, 0) is 37.0 Å². The Kier molecular flexibility index (Phi) is 4.48. The van der Waals surface area contributed by atoms with Crippen LogP contribution < -0.4 is 5.73 Å². The molecule has 110 valence electrons. The van der Waals surface area contributed by atoms with Crippen LogP contribution in [-0.2, 0) is 4.74 Å². The molecule has 0 aliphatic carbocycles. The van der Waals surface area contributed by atoms with Gasteiger partial charge in [-0.3, -0.25) is 4.98 Å². The number of ether oxygens (including phenoxy) is 1. The Labute approximate surface area is 133 Å². The molecule has 3 rings (SSSR count). The zero-order chi connectivity index (χ0) is 14.2. The van der Waals surface area contributed by atoms with Crippen LogP contribution in [0.4, 0.5) is 0 Å². The number of nitrogens with two attached hydrogens (primary N) is 1. The number of thioether (sulfide) groups is 1. The Hall–Kier alpha value is -0.000000000000000111. The summed E-state index contributed by atoms with van der Waals surface area (Å²) >= 11 is 14.1. The average molecular weight is 333 g/mol. The zero-order valence-electron chi connectivity index (χ0n) is 11.1. The molecule has 2 N–H and O–H groups in total. The molecule has 20 heavy (non-hydrogen) atoms. The van der Waals surface area contributed by atoms with Crippen LogP contribution in [0.5, 0.6) is 0 Å². The van der Waals surface area contributed by atoms with Gasteiger partial charge in [-0.1, -0.05) is 23.2 Å². The molecule has 3 nitrogen and oxygen atoms in total. The molecule has 0 aromatic carbocycles. The van der Waals surface area contributed by atoms with Crippen LogP contribution in [0.2, 0.25) is 10.0 Å². The molecular weight excluding hydrogens is 315 g/mol. The van der Waals surface area contributed by atoms with Crippen molar-refractivity contribution in [1.29, 1.82) is 0 Å². The van der Waals surface area contributed by atoms with Gasteiger partial charge in [0, 0.05) is 18.6 Å². The van der Waals surface area contributed by atoms with Crippen LogP contribution in [-0.4, -0.2) is 28.7 Å². The van der Waals surface area contributed by atoms with Gasteiger partial charge in [-0.15, -0.1) is 0 Å². The van der Waals surface area contributed by atoms with E-state index in [1.54, 1.807) is 12.3 Å². The molecule has 3 heterocycles. The number of aromatic nitrogens is 1. The predicted octanol–water partition coefficient (Wildman–Crippen LogP) is 3.69. The van der Waals surface area contributed by atoms with E-state index < -0.39 is 0 Å². The minimum Gasteiger partial charge on any atom is -0.374 e. The smallest absolute Gasteiger partial charge is 0.0783 e. The topological polar surface area (TPSA) is 48.1 Å². The van der Waals surface area contributed by atoms with E-state index in [-0.39, 0.29) is 11.6 Å². The number of pyridine rings is 1. The van der Waals surface area contributed by atoms with E-state index in [1.807, 2.05) is 11.8 Å². The fourth-order valence-electron chi connectivity index (χ4n) is 3.13. The van der Waals surface area contributed by atoms with Crippen molar-refractivity contribution in [1.82, 2.24) is 4.98 Å². The van der Waals surface area contributed by atoms with Crippen molar-refractivity contribution >= 4 is 35.0 Å². The third-order valence-electron chi connectivity index (χ3n) is 4.26. The molecule has 1 spiro atoms. The third kappa shape index (κ3) is 2.95. The van der Waals surface area contributed by atoms with E-state index in [0.29, 0.717) is 16.0 Å². The molecular formula is C14H18Cl2N2OS. The van der Waals surface area contributed by atoms with Gasteiger partial charge in [0.05, 0.1) is 27.4 Å². The van der Waals surface area contributed by atoms with E-state index in [1.165, 1.54) is 5.75 Å². The Morgan fingerprint density at radius 2 is 2.35 bits per heavy atom. The molecule has 0 saturated carbocycles. The average Bonchev–Trinajstić information content (AvgIpc) is 2.86. The molecule has 6 heteroatoms. The van der Waals surface area contributed by atoms with Crippen LogP contribution in [0.25, 0.3) is 0 Å². The van der Waals surface area contributed by atoms with Crippen molar-refractivity contribution in [2.75, 3.05) is 18.1 Å². The van der Waals surface area contributed by atoms with Crippen molar-refractivity contribution in [3.8, 4) is 0 Å². The SMILES string of the molecule is NC(c1ncc(Cl)cc1Cl)C1CCOC2(CCSC2)C1. The number of nitrogens with zero attached hydrogens (tertiary/aromatic N) is 1. The molecule has 3 unspecified atom stereocenters. The van der Waals surface area contributed by atoms with Crippen LogP contribution >= 0.6 is 35.0 Å². The fourth-order valence-corrected chi connectivity index (χ4v) is 5.01. The molecule has 3 atom stereocenters. The van der Waals surface area contributed by atoms with Gasteiger partial charge in [0.1, 0.15) is 0 Å². The highest BCUT2D eigenvalue weighted by Gasteiger charge is 2.42. The Morgan fingerprint density at radius 3 is 3.05 bits per heavy atom. The van der Waals surface area contributed by atoms with Crippen molar-refractivity contribution in [2.24, 2.45) is 11.7 Å². The number of halogens is 2. The first-order valence-electron chi connectivity index (χ1n) is 6.88. The monoisotopic (exact) mass is 332 g/mol. The van der Waals surface area contributed by atoms with E-state index in [4.69, 9.17) is 33.7 Å². The highest BCUT2D eigenvalue weighted by atomic mass is 35.5. The first-order chi connectivity index (χ1) is 9.60. The Bertz CT molecular complexity index is 494. The third-order valence-corrected chi connectivity index (χ3v) is 5.99. The summed E-state index contributed by atoms with van der Waals surface area (Å²) in [6.07, 6.45) is 4.71. The van der Waals surface area contributed by atoms with Crippen molar-refractivity contribution < 1.29 is 4.74 Å². The van der Waals surface area contributed by atoms with Crippen molar-refractivity contribution in [2.45, 2.75) is 30.9 Å². The molecule has 2 aliphatic rings. The summed E-state index contributed by atoms with van der Waals surface area (Å²) in [6.45, 7) is 0.782. The maximum atomic E-state index is 6.42. The second-order valence-corrected chi connectivity index (χ2v) is 7.58. The van der Waals surface area contributed by atoms with Gasteiger partial charge < -0.3 is 10.5 Å². The van der Waals surface area contributed by atoms with E-state index in [9.17, 15) is 0 Å². The second-order valence-electron chi connectivity index (χ2n) is 5.63. The second kappa shape index (κ2) is 6.01. The van der Waals surface area contributed by atoms with Gasteiger partial charge in [0.15, 0.2) is 0 Å². The van der Waals surface area contributed by atoms with E-state index in [0.717, 1.165) is 37.3 Å². The first kappa shape index (κ1) is 14.9. The van der Waals surface area contributed by atoms with E-state index >= 15 is 0 Å². The molecule has 2 saturated heterocycles. The molecule has 0 radical (unpaired) electrons. The summed E-state index contributed by atoms with van der Waals surface area (Å²) in [5, 5.41) is 1.10. The summed E-state index contributed by atoms with van der Waals surface area (Å²) in [5.41, 5.74) is 7.20. The highest BCUT2D eigenvalue weighted by molar-refractivity contribution is 7.99. The van der Waals surface area contributed by atoms with Crippen LogP contribution in [0, 0.1) is 5.92 Å². The normalized spacial score (nSPS) is 31.6. The summed E-state index contributed by atoms with van der Waals surface area (Å²) in [5.74, 6) is 2.63. The summed E-state index contributed by atoms with van der Waals surface area (Å²) in [7, 11) is 0.